The lowest BCUT2D eigenvalue weighted by atomic mass is 10.2. The number of carbonyl (C=O) groups is 1. The van der Waals surface area contributed by atoms with Crippen LogP contribution in [0.4, 0.5) is 16.4 Å². The van der Waals surface area contributed by atoms with Crippen LogP contribution in [0, 0.1) is 0 Å². The van der Waals surface area contributed by atoms with Gasteiger partial charge < -0.3 is 14.5 Å². The van der Waals surface area contributed by atoms with Gasteiger partial charge in [-0.05, 0) is 37.3 Å². The van der Waals surface area contributed by atoms with Gasteiger partial charge in [-0.25, -0.2) is 19.7 Å². The average Bonchev–Trinajstić information content (AvgIpc) is 3.40. The summed E-state index contributed by atoms with van der Waals surface area (Å²) in [4.78, 5) is 24.2. The summed E-state index contributed by atoms with van der Waals surface area (Å²) in [5, 5.41) is 5.75. The molecule has 134 valence electrons. The van der Waals surface area contributed by atoms with Crippen LogP contribution in [-0.4, -0.2) is 32.1 Å². The van der Waals surface area contributed by atoms with Gasteiger partial charge in [0.25, 0.3) is 0 Å². The zero-order valence-electron chi connectivity index (χ0n) is 14.5. The molecule has 2 N–H and O–H groups in total. The molecule has 3 aromatic rings. The number of rotatable bonds is 6. The number of fused-ring (bicyclic) bond motifs is 1. The Kier molecular flexibility index (Phi) is 4.39. The third kappa shape index (κ3) is 3.74. The number of carbonyl (C=O) groups excluding carboxylic acids is 1. The number of aromatic nitrogens is 4. The fourth-order valence-electron chi connectivity index (χ4n) is 2.78. The molecule has 3 aromatic heterocycles. The van der Waals surface area contributed by atoms with E-state index in [1.807, 2.05) is 6.20 Å². The number of anilines is 2. The molecule has 0 aliphatic heterocycles. The lowest BCUT2D eigenvalue weighted by Crippen LogP contribution is -2.14. The van der Waals surface area contributed by atoms with E-state index in [-0.39, 0.29) is 0 Å². The van der Waals surface area contributed by atoms with Crippen molar-refractivity contribution in [2.75, 3.05) is 17.2 Å². The maximum atomic E-state index is 11.5. The quantitative estimate of drug-likeness (QED) is 0.708. The summed E-state index contributed by atoms with van der Waals surface area (Å²) in [7, 11) is 0. The zero-order chi connectivity index (χ0) is 17.9. The fraction of sp³-hybridized carbons (Fsp3) is 0.333. The second-order valence-corrected chi connectivity index (χ2v) is 6.22. The highest BCUT2D eigenvalue weighted by Crippen LogP contribution is 2.39. The van der Waals surface area contributed by atoms with Gasteiger partial charge in [0.15, 0.2) is 0 Å². The van der Waals surface area contributed by atoms with Crippen molar-refractivity contribution >= 4 is 23.4 Å². The van der Waals surface area contributed by atoms with Crippen LogP contribution >= 0.6 is 0 Å². The van der Waals surface area contributed by atoms with E-state index in [4.69, 9.17) is 4.74 Å². The number of ether oxygens (including phenoxy) is 1. The SMILES string of the molecule is CCOC(=O)Nc1cc(NCc2cn3cc(C4CC4)ccc3n2)ncn1. The second-order valence-electron chi connectivity index (χ2n) is 6.22. The summed E-state index contributed by atoms with van der Waals surface area (Å²) in [6.07, 6.45) is 7.59. The van der Waals surface area contributed by atoms with Crippen LogP contribution in [0.5, 0.6) is 0 Å². The Morgan fingerprint density at radius 1 is 1.27 bits per heavy atom. The largest absolute Gasteiger partial charge is 0.450 e. The second kappa shape index (κ2) is 6.99. The Balaban J connectivity index is 1.42. The van der Waals surface area contributed by atoms with E-state index in [9.17, 15) is 4.79 Å². The molecule has 8 nitrogen and oxygen atoms in total. The van der Waals surface area contributed by atoms with Crippen molar-refractivity contribution in [1.82, 2.24) is 19.4 Å². The number of amides is 1. The van der Waals surface area contributed by atoms with Crippen LogP contribution < -0.4 is 10.6 Å². The first kappa shape index (κ1) is 16.3. The van der Waals surface area contributed by atoms with Gasteiger partial charge >= 0.3 is 6.09 Å². The number of nitrogens with one attached hydrogen (secondary N) is 2. The first-order chi connectivity index (χ1) is 12.7. The van der Waals surface area contributed by atoms with E-state index in [0.29, 0.717) is 24.8 Å². The summed E-state index contributed by atoms with van der Waals surface area (Å²) >= 11 is 0. The highest BCUT2D eigenvalue weighted by molar-refractivity contribution is 5.83. The standard InChI is InChI=1S/C18H20N6O2/c1-2-26-18(25)23-16-7-15(20-11-21-16)19-8-14-10-24-9-13(12-3-4-12)5-6-17(24)22-14/h5-7,9-12H,2-4,8H2,1H3,(H2,19,20,21,23,25). The van der Waals surface area contributed by atoms with Crippen molar-refractivity contribution in [1.29, 1.82) is 0 Å². The molecule has 1 saturated carbocycles. The number of hydrogen-bond donors (Lipinski definition) is 2. The molecule has 0 saturated heterocycles. The summed E-state index contributed by atoms with van der Waals surface area (Å²) in [6.45, 7) is 2.57. The zero-order valence-corrected chi connectivity index (χ0v) is 14.5. The normalized spacial score (nSPS) is 13.6. The van der Waals surface area contributed by atoms with Gasteiger partial charge in [0, 0.05) is 18.5 Å². The van der Waals surface area contributed by atoms with Crippen molar-refractivity contribution in [2.45, 2.75) is 32.2 Å². The van der Waals surface area contributed by atoms with Gasteiger partial charge in [-0.15, -0.1) is 0 Å². The Morgan fingerprint density at radius 2 is 2.12 bits per heavy atom. The molecule has 0 atom stereocenters. The molecular weight excluding hydrogens is 332 g/mol. The van der Waals surface area contributed by atoms with Crippen LogP contribution in [0.2, 0.25) is 0 Å². The van der Waals surface area contributed by atoms with Crippen LogP contribution in [-0.2, 0) is 11.3 Å². The molecule has 0 radical (unpaired) electrons. The minimum absolute atomic E-state index is 0.304. The number of hydrogen-bond acceptors (Lipinski definition) is 6. The monoisotopic (exact) mass is 352 g/mol. The van der Waals surface area contributed by atoms with Crippen molar-refractivity contribution in [2.24, 2.45) is 0 Å². The molecule has 0 aromatic carbocycles. The van der Waals surface area contributed by atoms with Gasteiger partial charge in [-0.3, -0.25) is 5.32 Å². The van der Waals surface area contributed by atoms with Gasteiger partial charge in [0.1, 0.15) is 23.6 Å². The molecule has 0 spiro atoms. The van der Waals surface area contributed by atoms with Crippen molar-refractivity contribution in [3.63, 3.8) is 0 Å². The third-order valence-electron chi connectivity index (χ3n) is 4.20. The Hall–Kier alpha value is -3.16. The highest BCUT2D eigenvalue weighted by Gasteiger charge is 2.23. The van der Waals surface area contributed by atoms with E-state index < -0.39 is 6.09 Å². The lowest BCUT2D eigenvalue weighted by Gasteiger charge is -2.06. The van der Waals surface area contributed by atoms with Crippen molar-refractivity contribution in [3.8, 4) is 0 Å². The van der Waals surface area contributed by atoms with Crippen molar-refractivity contribution < 1.29 is 9.53 Å². The first-order valence-corrected chi connectivity index (χ1v) is 8.68. The third-order valence-corrected chi connectivity index (χ3v) is 4.20. The Morgan fingerprint density at radius 3 is 2.92 bits per heavy atom. The Labute approximate surface area is 150 Å². The van der Waals surface area contributed by atoms with Crippen LogP contribution in [0.15, 0.2) is 36.9 Å². The molecule has 26 heavy (non-hydrogen) atoms. The van der Waals surface area contributed by atoms with E-state index in [1.54, 1.807) is 13.0 Å². The topological polar surface area (TPSA) is 93.4 Å². The minimum Gasteiger partial charge on any atom is -0.450 e. The predicted octanol–water partition coefficient (Wildman–Crippen LogP) is 3.18. The Bertz CT molecular complexity index is 934. The number of pyridine rings is 1. The van der Waals surface area contributed by atoms with Crippen LogP contribution in [0.25, 0.3) is 5.65 Å². The average molecular weight is 352 g/mol. The van der Waals surface area contributed by atoms with Crippen LogP contribution in [0.1, 0.15) is 36.9 Å². The molecule has 1 fully saturated rings. The highest BCUT2D eigenvalue weighted by atomic mass is 16.5. The molecular formula is C18H20N6O2. The van der Waals surface area contributed by atoms with E-state index >= 15 is 0 Å². The summed E-state index contributed by atoms with van der Waals surface area (Å²) in [5.74, 6) is 1.70. The van der Waals surface area contributed by atoms with Gasteiger partial charge in [-0.2, -0.15) is 0 Å². The van der Waals surface area contributed by atoms with Gasteiger partial charge in [-0.1, -0.05) is 6.07 Å². The van der Waals surface area contributed by atoms with Crippen LogP contribution in [0.3, 0.4) is 0 Å². The van der Waals surface area contributed by atoms with E-state index in [2.05, 4.69) is 48.3 Å². The van der Waals surface area contributed by atoms with Crippen molar-refractivity contribution in [3.05, 3.63) is 48.2 Å². The summed E-state index contributed by atoms with van der Waals surface area (Å²) in [5.41, 5.74) is 3.22. The molecule has 0 unspecified atom stereocenters. The lowest BCUT2D eigenvalue weighted by molar-refractivity contribution is 0.168. The van der Waals surface area contributed by atoms with E-state index in [0.717, 1.165) is 17.3 Å². The molecule has 1 aliphatic rings. The minimum atomic E-state index is -0.538. The molecule has 1 amide bonds. The molecule has 4 rings (SSSR count). The van der Waals surface area contributed by atoms with Gasteiger partial charge in [0.05, 0.1) is 18.8 Å². The maximum Gasteiger partial charge on any atom is 0.412 e. The van der Waals surface area contributed by atoms with E-state index in [1.165, 1.54) is 24.7 Å². The first-order valence-electron chi connectivity index (χ1n) is 8.68. The summed E-state index contributed by atoms with van der Waals surface area (Å²) < 4.78 is 6.90. The fourth-order valence-corrected chi connectivity index (χ4v) is 2.78. The molecule has 1 aliphatic carbocycles. The smallest absolute Gasteiger partial charge is 0.412 e. The summed E-state index contributed by atoms with van der Waals surface area (Å²) in [6, 6.07) is 5.87. The predicted molar refractivity (Wildman–Crippen MR) is 97.2 cm³/mol. The molecule has 8 heteroatoms. The molecule has 3 heterocycles. The number of nitrogens with zero attached hydrogens (tertiary/aromatic N) is 4. The van der Waals surface area contributed by atoms with Gasteiger partial charge in [0.2, 0.25) is 0 Å². The number of imidazole rings is 1. The maximum absolute atomic E-state index is 11.5. The molecule has 0 bridgehead atoms.